The minimum atomic E-state index is -6.99. The average molecular weight is 2110 g/mol. The molecular formula is C66H115N3O65P4. The van der Waals surface area contributed by atoms with Gasteiger partial charge in [-0.2, -0.15) is 4.31 Å². The molecule has 72 heteroatoms. The van der Waals surface area contributed by atoms with E-state index in [2.05, 4.69) is 14.2 Å². The Hall–Kier alpha value is -3.44. The van der Waals surface area contributed by atoms with Crippen LogP contribution in [-0.4, -0.2) is 561 Å². The van der Waals surface area contributed by atoms with E-state index < -0.39 is 434 Å². The van der Waals surface area contributed by atoms with E-state index in [1.165, 1.54) is 0 Å². The third-order valence-electron chi connectivity index (χ3n) is 23.0. The van der Waals surface area contributed by atoms with Crippen LogP contribution in [0, 0.1) is 0 Å². The highest BCUT2D eigenvalue weighted by molar-refractivity contribution is 7.61. The van der Waals surface area contributed by atoms with Crippen LogP contribution in [0.4, 0.5) is 0 Å². The molecule has 40 N–H and O–H groups in total. The van der Waals surface area contributed by atoms with Gasteiger partial charge in [0, 0.05) is 32.7 Å². The molecule has 9 saturated heterocycles. The summed E-state index contributed by atoms with van der Waals surface area (Å²) in [6.45, 7) is -14.7. The highest BCUT2D eigenvalue weighted by atomic mass is 31.3. The summed E-state index contributed by atoms with van der Waals surface area (Å²) in [6.07, 6.45) is -118. The molecule has 68 nitrogen and oxygen atoms in total. The molecule has 0 bridgehead atoms. The van der Waals surface area contributed by atoms with Gasteiger partial charge in [0.2, 0.25) is 5.91 Å². The number of carbonyl (C=O) groups is 4. The van der Waals surface area contributed by atoms with Gasteiger partial charge in [0.25, 0.3) is 17.4 Å². The van der Waals surface area contributed by atoms with Crippen molar-refractivity contribution in [3.8, 4) is 0 Å². The van der Waals surface area contributed by atoms with Crippen LogP contribution in [0.15, 0.2) is 0 Å². The Bertz CT molecular complexity index is 4130. The first-order valence-corrected chi connectivity index (χ1v) is 47.3. The molecular weight excluding hydrogens is 2000 g/mol. The first kappa shape index (κ1) is 118. The molecule has 0 radical (unpaired) electrons. The Morgan fingerprint density at radius 3 is 1.41 bits per heavy atom. The van der Waals surface area contributed by atoms with Crippen molar-refractivity contribution in [2.75, 3.05) is 72.6 Å². The van der Waals surface area contributed by atoms with E-state index in [1.54, 1.807) is 0 Å². The fraction of sp³-hybridized carbons (Fsp3) is 0.939. The summed E-state index contributed by atoms with van der Waals surface area (Å²) >= 11 is 0. The number of aliphatic hydroxyl groups excluding tert-OH is 25. The highest BCUT2D eigenvalue weighted by Gasteiger charge is 2.67. The van der Waals surface area contributed by atoms with E-state index in [0.29, 0.717) is 0 Å². The van der Waals surface area contributed by atoms with E-state index in [-0.39, 0.29) is 0 Å². The maximum Gasteiger partial charge on any atom is 0.481 e. The van der Waals surface area contributed by atoms with Crippen LogP contribution in [0.25, 0.3) is 0 Å². The second kappa shape index (κ2) is 48.7. The van der Waals surface area contributed by atoms with Crippen molar-refractivity contribution in [3.05, 3.63) is 0 Å². The first-order chi connectivity index (χ1) is 64.2. The summed E-state index contributed by atoms with van der Waals surface area (Å²) in [5.41, 5.74) is 12.4. The molecule has 9 rings (SSSR count). The van der Waals surface area contributed by atoms with Crippen LogP contribution in [0.1, 0.15) is 26.2 Å². The summed E-state index contributed by atoms with van der Waals surface area (Å²) in [5.74, 6) is -19.1. The molecule has 49 atom stereocenters. The molecule has 804 valence electrons. The molecule has 0 aromatic rings. The molecule has 138 heavy (non-hydrogen) atoms. The van der Waals surface area contributed by atoms with Gasteiger partial charge in [0.05, 0.1) is 90.4 Å². The molecule has 0 aliphatic carbocycles. The largest absolute Gasteiger partial charge is 0.481 e. The number of phosphoric acid groups is 4. The molecule has 9 aliphatic heterocycles. The van der Waals surface area contributed by atoms with Gasteiger partial charge in [-0.15, -0.1) is 0 Å². The number of ether oxygens (including phenoxy) is 17. The van der Waals surface area contributed by atoms with Crippen LogP contribution in [-0.2, 0) is 140 Å². The van der Waals surface area contributed by atoms with Crippen molar-refractivity contribution in [2.45, 2.75) is 313 Å². The molecule has 9 fully saturated rings. The Kier molecular flexibility index (Phi) is 41.7. The monoisotopic (exact) mass is 2110 g/mol. The summed E-state index contributed by atoms with van der Waals surface area (Å²) in [6, 6.07) is -4.65. The Labute approximate surface area is 773 Å². The minimum absolute atomic E-state index is 0.739. The van der Waals surface area contributed by atoms with Gasteiger partial charge in [-0.3, -0.25) is 22.9 Å². The van der Waals surface area contributed by atoms with Crippen molar-refractivity contribution in [2.24, 2.45) is 11.5 Å². The lowest BCUT2D eigenvalue weighted by Gasteiger charge is -2.53. The number of carboxylic acid groups (broad SMARTS) is 3. The predicted molar refractivity (Wildman–Crippen MR) is 413 cm³/mol. The normalized spacial score (nSPS) is 44.4. The van der Waals surface area contributed by atoms with Crippen molar-refractivity contribution in [1.82, 2.24) is 5.32 Å². The Morgan fingerprint density at radius 2 is 0.884 bits per heavy atom. The van der Waals surface area contributed by atoms with Crippen molar-refractivity contribution in [3.63, 3.8) is 0 Å². The van der Waals surface area contributed by atoms with Crippen LogP contribution >= 0.6 is 31.3 Å². The van der Waals surface area contributed by atoms with Crippen molar-refractivity contribution < 1.29 is 318 Å². The zero-order chi connectivity index (χ0) is 103. The fourth-order valence-electron chi connectivity index (χ4n) is 16.2. The maximum absolute atomic E-state index is 14.7. The second-order valence-corrected chi connectivity index (χ2v) is 38.1. The summed E-state index contributed by atoms with van der Waals surface area (Å²) < 4.78 is 178. The van der Waals surface area contributed by atoms with Gasteiger partial charge in [-0.05, 0) is 0 Å². The molecule has 2 unspecified atom stereocenters. The van der Waals surface area contributed by atoms with Gasteiger partial charge < -0.3 is 275 Å². The predicted octanol–water partition coefficient (Wildman–Crippen LogP) is -21.8. The fourth-order valence-corrected chi connectivity index (χ4v) is 19.6. The second-order valence-electron chi connectivity index (χ2n) is 32.7. The number of hydrogen-bond acceptors (Lipinski definition) is 58. The number of carbonyl (C=O) groups excluding carboxylic acids is 1. The van der Waals surface area contributed by atoms with E-state index in [1.807, 2.05) is 0 Å². The average Bonchev–Trinajstić information content (AvgIpc) is 0.744. The highest BCUT2D eigenvalue weighted by Crippen LogP contribution is 2.62. The van der Waals surface area contributed by atoms with E-state index in [9.17, 15) is 215 Å². The number of phosphoric ester groups is 4. The van der Waals surface area contributed by atoms with E-state index in [0.717, 1.165) is 6.92 Å². The number of nitrogens with two attached hydrogens (primary N) is 2. The van der Waals surface area contributed by atoms with Gasteiger partial charge in [0.1, 0.15) is 207 Å². The zero-order valence-electron chi connectivity index (χ0n) is 71.1. The van der Waals surface area contributed by atoms with Gasteiger partial charge in [0.15, 0.2) is 37.7 Å². The number of hydrogen-bond donors (Lipinski definition) is 38. The summed E-state index contributed by atoms with van der Waals surface area (Å²) in [7, 11) is -26.0. The van der Waals surface area contributed by atoms with Gasteiger partial charge in [-0.25, -0.2) is 32.6 Å². The molecule has 0 saturated carbocycles. The Balaban J connectivity index is 1.22. The third-order valence-corrected chi connectivity index (χ3v) is 26.8. The number of rotatable bonds is 45. The Morgan fingerprint density at radius 1 is 0.420 bits per heavy atom. The van der Waals surface area contributed by atoms with Crippen LogP contribution in [0.3, 0.4) is 0 Å². The van der Waals surface area contributed by atoms with Crippen molar-refractivity contribution >= 4 is 55.1 Å². The number of carboxylic acids is 3. The zero-order valence-corrected chi connectivity index (χ0v) is 74.7. The van der Waals surface area contributed by atoms with Crippen LogP contribution < -0.4 is 16.8 Å². The van der Waals surface area contributed by atoms with E-state index in [4.69, 9.17) is 106 Å². The quantitative estimate of drug-likeness (QED) is 0.0252. The molecule has 9 aliphatic rings. The van der Waals surface area contributed by atoms with Gasteiger partial charge in [-0.1, -0.05) is 0 Å². The van der Waals surface area contributed by atoms with Crippen LogP contribution in [0.5, 0.6) is 0 Å². The number of amides is 1. The number of aliphatic hydroxyl groups is 26. The smallest absolute Gasteiger partial charge is 0.477 e. The SMILES string of the molecule is CC(=O)N[C@H]1[C@H](O[C@H]2[C@@H](O[C@@H]3[C@@H](N)[C@@H](O[C@@H]4[C@H](O)[C@@H](O[C@H]5[C@H](OP(=O)(O)O)[C@@H]([C@@H](O)CO)O[C@H](O[C@H]6[C@@H]([C@H](O)CO)O[C@@](O)(C(=O)O)C[C@H]6O[C@]6(C(=O)O)C[C@@H](O)[C@@H](O)[C@@H]([C@H](O)CO)O6)[C@H]5OP(=O)(O)OP(=O)(O)OCCN)O[C@H]([C@H](CO)OP(=O)(O)O)[C@H]4O)O[C@H](CO)[C@@H]3O[C@@H]3O[C@H](CO[C@]4(C(=O)O)C[C@@H](O)[C@@H](O)[C@@H]([C@H](O)CO)O4)[C@@H](O)[C@H](O)[C@H]3O)O[C@H](CO)[C@@H](O)[C@@H]2O)O[C@H](CO)[C@@H](O)[C@@H]1O. The number of nitrogens with one attached hydrogen (secondary N) is 1. The summed E-state index contributed by atoms with van der Waals surface area (Å²) in [4.78, 5) is 117. The minimum Gasteiger partial charge on any atom is -0.477 e. The summed E-state index contributed by atoms with van der Waals surface area (Å²) in [5, 5.41) is 324. The molecule has 0 spiro atoms. The molecule has 1 amide bonds. The van der Waals surface area contributed by atoms with Crippen molar-refractivity contribution in [1.29, 1.82) is 0 Å². The molecule has 0 aromatic heterocycles. The first-order valence-electron chi connectivity index (χ1n) is 41.2. The third kappa shape index (κ3) is 27.4. The lowest BCUT2D eigenvalue weighted by molar-refractivity contribution is -0.406. The van der Waals surface area contributed by atoms with E-state index >= 15 is 0 Å². The maximum atomic E-state index is 14.7. The molecule has 9 heterocycles. The topological polar surface area (TPSA) is 1110 Å². The van der Waals surface area contributed by atoms with Crippen LogP contribution in [0.2, 0.25) is 0 Å². The standard InChI is InChI=1S/C66H115N3O65P4/c1-16(78)69-30-36(90)33(87)24(11-74)115-56(30)125-51-38(92)34(88)25(12-75)116-59(51)123-49-29(68)55(117-26(13-76)48(49)121-57-39(93)37(91)35(89)28(118-57)15-113-65(62(98)99)4-17(79)31(85)42(129-65)19(81)7-70)124-50-40(94)46(27(14-77)131-135(103,104)105)120-58(41(50)95)126-52-53(132-136(106,107)108)44(21(83)9-72)119-60(54(52)133-138(111,112)134-137(109,110)114-3-2-67)122-47-23(6-64(102,61(96)97)128-45(47)22(84)10-73)127-66(63(100)101)5-18(80)32(86)43(130-66)20(82)8-71/h17-60,70-77,79-95,102H,2-15,67-68H2,1H3,(H,69,78)(H,96,97)(H,98,99)(H,100,101)(H,109,110)(H,111,112)(H2,103,104,105)(H2,106,107,108)/t17-,18-,19-,20-,21+,22-,23-,24-,25-,26-,27+,28-,29-,30-,31-,32-,33-,34-,35-,36-,37+,38+,39-,40-,41+,42-,43-,44-,45-,46-,47-,48+,49-,50+,51-,52+,53-,54+,55-,56+,57+,58-,59-,60-,64-,65-,66-/m1/s1. The van der Waals surface area contributed by atoms with Gasteiger partial charge >= 0.3 is 49.2 Å². The number of aliphatic carboxylic acids is 3. The molecule has 0 aromatic carbocycles. The lowest BCUT2D eigenvalue weighted by atomic mass is 9.89. The lowest BCUT2D eigenvalue weighted by Crippen LogP contribution is -2.72.